The van der Waals surface area contributed by atoms with Gasteiger partial charge in [-0.15, -0.1) is 11.3 Å². The smallest absolute Gasteiger partial charge is 0.296 e. The number of anilines is 1. The van der Waals surface area contributed by atoms with Crippen molar-refractivity contribution in [3.05, 3.63) is 76.3 Å². The second-order valence-electron chi connectivity index (χ2n) is 6.93. The fourth-order valence-electron chi connectivity index (χ4n) is 2.98. The number of aliphatic imine (C=N–C) groups is 1. The number of para-hydroxylation sites is 1. The third kappa shape index (κ3) is 5.50. The van der Waals surface area contributed by atoms with Crippen LogP contribution in [0, 0.1) is 10.1 Å². The Morgan fingerprint density at radius 1 is 1.26 bits per heavy atom. The molecule has 0 fully saturated rings. The largest absolute Gasteiger partial charge is 0.507 e. The Hall–Kier alpha value is -3.96. The number of hydrogen-bond acceptors (Lipinski definition) is 9. The highest BCUT2D eigenvalue weighted by Gasteiger charge is 2.18. The number of amides is 1. The molecular weight excluding hydrogens is 476 g/mol. The minimum absolute atomic E-state index is 0.0430. The van der Waals surface area contributed by atoms with Gasteiger partial charge in [-0.3, -0.25) is 19.9 Å². The van der Waals surface area contributed by atoms with Gasteiger partial charge in [0.2, 0.25) is 5.91 Å². The molecule has 34 heavy (non-hydrogen) atoms. The van der Waals surface area contributed by atoms with Crippen molar-refractivity contribution in [1.29, 1.82) is 0 Å². The van der Waals surface area contributed by atoms with Gasteiger partial charge in [0, 0.05) is 11.8 Å². The predicted molar refractivity (Wildman–Crippen MR) is 134 cm³/mol. The van der Waals surface area contributed by atoms with E-state index < -0.39 is 4.92 Å². The number of aromatic hydroxyl groups is 1. The summed E-state index contributed by atoms with van der Waals surface area (Å²) in [6, 6.07) is 16.7. The fourth-order valence-corrected chi connectivity index (χ4v) is 4.89. The number of nitro benzene ring substituents is 1. The van der Waals surface area contributed by atoms with E-state index in [4.69, 9.17) is 4.74 Å². The predicted octanol–water partition coefficient (Wildman–Crippen LogP) is 5.40. The van der Waals surface area contributed by atoms with Crippen LogP contribution in [0.25, 0.3) is 10.2 Å². The molecule has 1 heterocycles. The second-order valence-corrected chi connectivity index (χ2v) is 9.18. The molecule has 4 aromatic rings. The summed E-state index contributed by atoms with van der Waals surface area (Å²) in [6.07, 6.45) is 1.59. The van der Waals surface area contributed by atoms with Crippen LogP contribution < -0.4 is 10.1 Å². The topological polar surface area (TPSA) is 127 Å². The number of methoxy groups -OCH3 is 1. The summed E-state index contributed by atoms with van der Waals surface area (Å²) in [5, 5.41) is 23.7. The van der Waals surface area contributed by atoms with Crippen LogP contribution in [0.2, 0.25) is 0 Å². The second kappa shape index (κ2) is 10.3. The van der Waals surface area contributed by atoms with E-state index in [9.17, 15) is 20.0 Å². The standard InChI is InChI=1S/C23H18N4O5S2/c1-32-16-7-9-17(19(11-16)27(30)31)25-22(29)13-33-23-26-18-8-6-15(10-21(18)34-23)24-12-14-4-2-3-5-20(14)28/h2-12,28H,13H2,1H3,(H,25,29). The zero-order valence-corrected chi connectivity index (χ0v) is 19.4. The maximum absolute atomic E-state index is 12.4. The number of phenolic OH excluding ortho intramolecular Hbond substituents is 1. The molecule has 0 aliphatic carbocycles. The molecule has 11 heteroatoms. The minimum atomic E-state index is -0.571. The van der Waals surface area contributed by atoms with Gasteiger partial charge in [-0.1, -0.05) is 23.9 Å². The normalized spacial score (nSPS) is 11.1. The number of rotatable bonds is 8. The summed E-state index contributed by atoms with van der Waals surface area (Å²) in [4.78, 5) is 32.0. The fraction of sp³-hybridized carbons (Fsp3) is 0.0870. The summed E-state index contributed by atoms with van der Waals surface area (Å²) >= 11 is 2.66. The van der Waals surface area contributed by atoms with Crippen LogP contribution in [0.1, 0.15) is 5.56 Å². The molecule has 0 saturated carbocycles. The molecule has 1 aromatic heterocycles. The van der Waals surface area contributed by atoms with Gasteiger partial charge in [0.05, 0.1) is 39.8 Å². The van der Waals surface area contributed by atoms with E-state index in [1.165, 1.54) is 42.3 Å². The minimum Gasteiger partial charge on any atom is -0.507 e. The molecule has 0 unspecified atom stereocenters. The van der Waals surface area contributed by atoms with Crippen LogP contribution in [0.5, 0.6) is 11.5 Å². The molecule has 0 radical (unpaired) electrons. The molecule has 1 amide bonds. The van der Waals surface area contributed by atoms with E-state index in [1.54, 1.807) is 30.5 Å². The highest BCUT2D eigenvalue weighted by molar-refractivity contribution is 8.01. The van der Waals surface area contributed by atoms with Gasteiger partial charge in [0.15, 0.2) is 4.34 Å². The Morgan fingerprint density at radius 3 is 2.85 bits per heavy atom. The quantitative estimate of drug-likeness (QED) is 0.145. The van der Waals surface area contributed by atoms with E-state index in [2.05, 4.69) is 15.3 Å². The number of aromatic nitrogens is 1. The molecule has 0 aliphatic heterocycles. The van der Waals surface area contributed by atoms with Crippen LogP contribution in [-0.4, -0.2) is 40.0 Å². The lowest BCUT2D eigenvalue weighted by atomic mass is 10.2. The van der Waals surface area contributed by atoms with E-state index in [-0.39, 0.29) is 28.8 Å². The lowest BCUT2D eigenvalue weighted by Gasteiger charge is -2.07. The van der Waals surface area contributed by atoms with E-state index in [0.717, 1.165) is 10.2 Å². The van der Waals surface area contributed by atoms with Crippen molar-refractivity contribution >= 4 is 62.5 Å². The summed E-state index contributed by atoms with van der Waals surface area (Å²) in [6.45, 7) is 0. The lowest BCUT2D eigenvalue weighted by molar-refractivity contribution is -0.384. The molecule has 0 saturated heterocycles. The molecular formula is C23H18N4O5S2. The average molecular weight is 495 g/mol. The molecule has 0 spiro atoms. The maximum Gasteiger partial charge on any atom is 0.296 e. The molecule has 0 bridgehead atoms. The number of carbonyl (C=O) groups is 1. The third-order valence-electron chi connectivity index (χ3n) is 4.64. The van der Waals surface area contributed by atoms with Gasteiger partial charge in [-0.05, 0) is 42.5 Å². The number of nitrogens with one attached hydrogen (secondary N) is 1. The zero-order valence-electron chi connectivity index (χ0n) is 17.8. The van der Waals surface area contributed by atoms with Gasteiger partial charge in [-0.2, -0.15) is 0 Å². The van der Waals surface area contributed by atoms with Crippen molar-refractivity contribution in [3.63, 3.8) is 0 Å². The van der Waals surface area contributed by atoms with Crippen molar-refractivity contribution in [3.8, 4) is 11.5 Å². The first-order valence-corrected chi connectivity index (χ1v) is 11.7. The molecule has 0 aliphatic rings. The Bertz CT molecular complexity index is 1400. The number of phenols is 1. The number of benzene rings is 3. The third-order valence-corrected chi connectivity index (χ3v) is 6.81. The van der Waals surface area contributed by atoms with Gasteiger partial charge in [0.1, 0.15) is 17.2 Å². The van der Waals surface area contributed by atoms with Crippen LogP contribution in [0.3, 0.4) is 0 Å². The first kappa shape index (κ1) is 23.2. The number of nitro groups is 1. The molecule has 9 nitrogen and oxygen atoms in total. The number of ether oxygens (including phenoxy) is 1. The van der Waals surface area contributed by atoms with Crippen LogP contribution in [-0.2, 0) is 4.79 Å². The Morgan fingerprint density at radius 2 is 2.09 bits per heavy atom. The van der Waals surface area contributed by atoms with Crippen molar-refractivity contribution < 1.29 is 19.6 Å². The maximum atomic E-state index is 12.4. The van der Waals surface area contributed by atoms with Crippen molar-refractivity contribution in [1.82, 2.24) is 4.98 Å². The van der Waals surface area contributed by atoms with Gasteiger partial charge in [0.25, 0.3) is 5.69 Å². The number of thioether (sulfide) groups is 1. The first-order chi connectivity index (χ1) is 16.4. The lowest BCUT2D eigenvalue weighted by Crippen LogP contribution is -2.15. The molecule has 0 atom stereocenters. The monoisotopic (exact) mass is 494 g/mol. The Labute approximate surface area is 202 Å². The summed E-state index contributed by atoms with van der Waals surface area (Å²) in [7, 11) is 1.41. The summed E-state index contributed by atoms with van der Waals surface area (Å²) in [5.41, 5.74) is 1.97. The van der Waals surface area contributed by atoms with Gasteiger partial charge >= 0.3 is 0 Å². The van der Waals surface area contributed by atoms with E-state index >= 15 is 0 Å². The zero-order chi connectivity index (χ0) is 24.1. The molecule has 2 N–H and O–H groups in total. The molecule has 4 rings (SSSR count). The number of thiazole rings is 1. The highest BCUT2D eigenvalue weighted by atomic mass is 32.2. The first-order valence-electron chi connectivity index (χ1n) is 9.90. The van der Waals surface area contributed by atoms with Crippen LogP contribution in [0.15, 0.2) is 70.0 Å². The van der Waals surface area contributed by atoms with Crippen LogP contribution >= 0.6 is 23.1 Å². The number of nitrogens with zero attached hydrogens (tertiary/aromatic N) is 3. The SMILES string of the molecule is COc1ccc(NC(=O)CSc2nc3ccc(N=Cc4ccccc4O)cc3s2)c([N+](=O)[O-])c1. The molecule has 172 valence electrons. The molecule has 3 aromatic carbocycles. The van der Waals surface area contributed by atoms with Crippen LogP contribution in [0.4, 0.5) is 17.1 Å². The summed E-state index contributed by atoms with van der Waals surface area (Å²) < 4.78 is 6.60. The number of carbonyl (C=O) groups excluding carboxylic acids is 1. The average Bonchev–Trinajstić information content (AvgIpc) is 3.24. The Balaban J connectivity index is 1.41. The van der Waals surface area contributed by atoms with Crippen molar-refractivity contribution in [2.24, 2.45) is 4.99 Å². The van der Waals surface area contributed by atoms with Crippen molar-refractivity contribution in [2.75, 3.05) is 18.2 Å². The van der Waals surface area contributed by atoms with E-state index in [1.807, 2.05) is 24.3 Å². The highest BCUT2D eigenvalue weighted by Crippen LogP contribution is 2.33. The van der Waals surface area contributed by atoms with Crippen molar-refractivity contribution in [2.45, 2.75) is 4.34 Å². The van der Waals surface area contributed by atoms with Gasteiger partial charge in [-0.25, -0.2) is 4.98 Å². The van der Waals surface area contributed by atoms with E-state index in [0.29, 0.717) is 21.3 Å². The summed E-state index contributed by atoms with van der Waals surface area (Å²) in [5.74, 6) is 0.145. The Kier molecular flexibility index (Phi) is 7.04. The number of hydrogen-bond donors (Lipinski definition) is 2. The van der Waals surface area contributed by atoms with Gasteiger partial charge < -0.3 is 15.2 Å². The number of fused-ring (bicyclic) bond motifs is 1.